The van der Waals surface area contributed by atoms with Crippen LogP contribution in [0.2, 0.25) is 0 Å². The van der Waals surface area contributed by atoms with Gasteiger partial charge in [-0.3, -0.25) is 9.98 Å². The summed E-state index contributed by atoms with van der Waals surface area (Å²) in [5, 5.41) is 9.68. The summed E-state index contributed by atoms with van der Waals surface area (Å²) in [6.45, 7) is 11.9. The van der Waals surface area contributed by atoms with Crippen LogP contribution < -0.4 is 14.2 Å². The van der Waals surface area contributed by atoms with Gasteiger partial charge in [0.1, 0.15) is 0 Å². The third kappa shape index (κ3) is 5.81. The normalized spacial score (nSPS) is 18.2. The van der Waals surface area contributed by atoms with Crippen LogP contribution >= 0.6 is 0 Å². The van der Waals surface area contributed by atoms with Gasteiger partial charge >= 0.3 is 0 Å². The van der Waals surface area contributed by atoms with Crippen LogP contribution in [-0.2, 0) is 12.8 Å². The largest absolute Gasteiger partial charge is 0.504 e. The van der Waals surface area contributed by atoms with Crippen molar-refractivity contribution in [2.45, 2.75) is 59.5 Å². The number of hydrogen-bond acceptors (Lipinski definition) is 6. The fourth-order valence-electron chi connectivity index (χ4n) is 3.80. The van der Waals surface area contributed by atoms with E-state index in [1.165, 1.54) is 11.1 Å². The molecular weight excluding hydrogens is 404 g/mol. The molecule has 0 radical (unpaired) electrons. The number of aliphatic imine (C=N–C) groups is 2. The molecule has 2 aliphatic rings. The fourth-order valence-corrected chi connectivity index (χ4v) is 3.80. The molecule has 0 saturated carbocycles. The number of benzene rings is 2. The molecule has 4 rings (SSSR count). The standard InChI is InChI=1S/C14H19NO2.C12H15NO2/c1-4-16-13-7-11-6-10(3)15-9-12(11)8-14(13)17-5-2;1-3-15-12-6-9-4-8(2)13-7-10(9)5-11(12)14/h7-10H,4-6H2,1-3H3;5-8,14H,3-4H2,1-2H3. The average molecular weight is 439 g/mol. The molecule has 2 aromatic carbocycles. The summed E-state index contributed by atoms with van der Waals surface area (Å²) in [4.78, 5) is 8.74. The third-order valence-corrected chi connectivity index (χ3v) is 5.29. The molecule has 2 atom stereocenters. The van der Waals surface area contributed by atoms with Crippen molar-refractivity contribution >= 4 is 12.4 Å². The smallest absolute Gasteiger partial charge is 0.161 e. The van der Waals surface area contributed by atoms with Gasteiger partial charge in [-0.1, -0.05) is 0 Å². The number of phenols is 1. The maximum absolute atomic E-state index is 9.68. The Kier molecular flexibility index (Phi) is 8.14. The summed E-state index contributed by atoms with van der Waals surface area (Å²) in [6, 6.07) is 8.42. The number of fused-ring (bicyclic) bond motifs is 2. The zero-order chi connectivity index (χ0) is 23.1. The second kappa shape index (κ2) is 11.0. The summed E-state index contributed by atoms with van der Waals surface area (Å²) in [5.41, 5.74) is 4.63. The van der Waals surface area contributed by atoms with Gasteiger partial charge in [0.25, 0.3) is 0 Å². The first kappa shape index (κ1) is 23.6. The van der Waals surface area contributed by atoms with Crippen LogP contribution in [0.4, 0.5) is 0 Å². The van der Waals surface area contributed by atoms with Gasteiger partial charge in [-0.15, -0.1) is 0 Å². The highest BCUT2D eigenvalue weighted by molar-refractivity contribution is 5.85. The van der Waals surface area contributed by atoms with Crippen LogP contribution in [0.15, 0.2) is 34.3 Å². The van der Waals surface area contributed by atoms with E-state index in [2.05, 4.69) is 29.9 Å². The van der Waals surface area contributed by atoms with Crippen molar-refractivity contribution in [2.75, 3.05) is 19.8 Å². The molecule has 2 aromatic rings. The summed E-state index contributed by atoms with van der Waals surface area (Å²) < 4.78 is 16.6. The van der Waals surface area contributed by atoms with Crippen molar-refractivity contribution in [1.82, 2.24) is 0 Å². The Morgan fingerprint density at radius 3 is 1.69 bits per heavy atom. The molecule has 0 bridgehead atoms. The third-order valence-electron chi connectivity index (χ3n) is 5.29. The number of hydrogen-bond donors (Lipinski definition) is 1. The molecule has 6 heteroatoms. The second-order valence-electron chi connectivity index (χ2n) is 7.98. The molecule has 0 spiro atoms. The molecule has 0 saturated heterocycles. The van der Waals surface area contributed by atoms with Crippen LogP contribution in [0.1, 0.15) is 56.9 Å². The van der Waals surface area contributed by atoms with Gasteiger partial charge in [0.2, 0.25) is 0 Å². The van der Waals surface area contributed by atoms with Crippen LogP contribution in [0.25, 0.3) is 0 Å². The molecule has 6 nitrogen and oxygen atoms in total. The Balaban J connectivity index is 0.000000182. The molecule has 2 unspecified atom stereocenters. The predicted octanol–water partition coefficient (Wildman–Crippen LogP) is 5.00. The molecule has 172 valence electrons. The number of phenolic OH excluding ortho intramolecular Hbond substituents is 1. The first-order chi connectivity index (χ1) is 15.4. The lowest BCUT2D eigenvalue weighted by atomic mass is 9.98. The molecule has 0 aliphatic carbocycles. The van der Waals surface area contributed by atoms with E-state index in [1.54, 1.807) is 6.07 Å². The maximum Gasteiger partial charge on any atom is 0.161 e. The van der Waals surface area contributed by atoms with E-state index in [4.69, 9.17) is 14.2 Å². The van der Waals surface area contributed by atoms with E-state index < -0.39 is 0 Å². The highest BCUT2D eigenvalue weighted by Gasteiger charge is 2.16. The van der Waals surface area contributed by atoms with Gasteiger partial charge in [-0.2, -0.15) is 0 Å². The van der Waals surface area contributed by atoms with Gasteiger partial charge in [0.05, 0.1) is 31.9 Å². The number of rotatable bonds is 6. The Morgan fingerprint density at radius 2 is 1.16 bits per heavy atom. The first-order valence-corrected chi connectivity index (χ1v) is 11.4. The van der Waals surface area contributed by atoms with E-state index >= 15 is 0 Å². The van der Waals surface area contributed by atoms with Crippen LogP contribution in [0, 0.1) is 0 Å². The summed E-state index contributed by atoms with van der Waals surface area (Å²) >= 11 is 0. The molecule has 32 heavy (non-hydrogen) atoms. The molecule has 0 amide bonds. The Labute approximate surface area is 191 Å². The zero-order valence-electron chi connectivity index (χ0n) is 19.7. The van der Waals surface area contributed by atoms with E-state index in [-0.39, 0.29) is 5.75 Å². The van der Waals surface area contributed by atoms with Gasteiger partial charge in [-0.05, 0) is 94.0 Å². The van der Waals surface area contributed by atoms with Crippen molar-refractivity contribution in [1.29, 1.82) is 0 Å². The Hall–Kier alpha value is -3.02. The Morgan fingerprint density at radius 1 is 0.719 bits per heavy atom. The van der Waals surface area contributed by atoms with Gasteiger partial charge in [-0.25, -0.2) is 0 Å². The Bertz CT molecular complexity index is 984. The van der Waals surface area contributed by atoms with Crippen LogP contribution in [0.3, 0.4) is 0 Å². The summed E-state index contributed by atoms with van der Waals surface area (Å²) in [7, 11) is 0. The van der Waals surface area contributed by atoms with Crippen molar-refractivity contribution in [3.05, 3.63) is 46.5 Å². The maximum atomic E-state index is 9.68. The second-order valence-corrected chi connectivity index (χ2v) is 7.98. The molecule has 2 aliphatic heterocycles. The minimum atomic E-state index is 0.191. The van der Waals surface area contributed by atoms with Crippen molar-refractivity contribution in [3.8, 4) is 23.0 Å². The average Bonchev–Trinajstić information content (AvgIpc) is 2.76. The number of ether oxygens (including phenoxy) is 3. The molecule has 0 aromatic heterocycles. The number of nitrogens with zero attached hydrogens (tertiary/aromatic N) is 2. The van der Waals surface area contributed by atoms with Crippen LogP contribution in [0.5, 0.6) is 23.0 Å². The van der Waals surface area contributed by atoms with Crippen LogP contribution in [-0.4, -0.2) is 49.4 Å². The van der Waals surface area contributed by atoms with Gasteiger partial charge in [0.15, 0.2) is 23.0 Å². The van der Waals surface area contributed by atoms with Crippen molar-refractivity contribution in [2.24, 2.45) is 9.98 Å². The van der Waals surface area contributed by atoms with Gasteiger partial charge in [0, 0.05) is 12.4 Å². The van der Waals surface area contributed by atoms with E-state index in [0.717, 1.165) is 35.5 Å². The molecule has 0 fully saturated rings. The summed E-state index contributed by atoms with van der Waals surface area (Å²) in [6.07, 6.45) is 5.63. The monoisotopic (exact) mass is 438 g/mol. The van der Waals surface area contributed by atoms with E-state index in [1.807, 2.05) is 45.3 Å². The molecular formula is C26H34N2O4. The lowest BCUT2D eigenvalue weighted by Gasteiger charge is -2.19. The lowest BCUT2D eigenvalue weighted by molar-refractivity contribution is 0.287. The first-order valence-electron chi connectivity index (χ1n) is 11.4. The summed E-state index contributed by atoms with van der Waals surface area (Å²) in [5.74, 6) is 2.42. The van der Waals surface area contributed by atoms with E-state index in [0.29, 0.717) is 37.7 Å². The zero-order valence-corrected chi connectivity index (χ0v) is 19.7. The minimum Gasteiger partial charge on any atom is -0.504 e. The predicted molar refractivity (Wildman–Crippen MR) is 130 cm³/mol. The quantitative estimate of drug-likeness (QED) is 0.689. The minimum absolute atomic E-state index is 0.191. The van der Waals surface area contributed by atoms with E-state index in [9.17, 15) is 5.11 Å². The van der Waals surface area contributed by atoms with Crippen molar-refractivity contribution in [3.63, 3.8) is 0 Å². The van der Waals surface area contributed by atoms with Crippen molar-refractivity contribution < 1.29 is 19.3 Å². The SMILES string of the molecule is CCOc1cc2c(cc1O)C=NC(C)C2.CCOc1cc2c(cc1OCC)CC(C)N=C2. The number of aromatic hydroxyl groups is 1. The fraction of sp³-hybridized carbons (Fsp3) is 0.462. The highest BCUT2D eigenvalue weighted by atomic mass is 16.5. The molecule has 1 N–H and O–H groups in total. The topological polar surface area (TPSA) is 72.6 Å². The highest BCUT2D eigenvalue weighted by Crippen LogP contribution is 2.33. The van der Waals surface area contributed by atoms with Gasteiger partial charge < -0.3 is 19.3 Å². The lowest BCUT2D eigenvalue weighted by Crippen LogP contribution is -2.12. The molecule has 2 heterocycles.